The maximum atomic E-state index is 13.4. The first-order valence-corrected chi connectivity index (χ1v) is 12.0. The molecular formula is C26H23N5O7. The molecule has 4 heterocycles. The number of aromatic nitrogens is 3. The number of rotatable bonds is 6. The van der Waals surface area contributed by atoms with Crippen LogP contribution in [0.1, 0.15) is 40.5 Å². The normalized spacial score (nSPS) is 15.7. The van der Waals surface area contributed by atoms with Gasteiger partial charge in [0.2, 0.25) is 0 Å². The summed E-state index contributed by atoms with van der Waals surface area (Å²) in [4.78, 5) is 59.1. The number of amides is 1. The fourth-order valence-corrected chi connectivity index (χ4v) is 4.41. The molecule has 1 fully saturated rings. The van der Waals surface area contributed by atoms with E-state index in [4.69, 9.17) is 9.47 Å². The molecule has 1 saturated heterocycles. The number of nitrogens with zero attached hydrogens (tertiary/aromatic N) is 5. The number of nitro groups is 1. The number of non-ortho nitro benzene ring substituents is 1. The van der Waals surface area contributed by atoms with Crippen LogP contribution in [-0.4, -0.2) is 50.1 Å². The molecule has 0 saturated carbocycles. The van der Waals surface area contributed by atoms with Gasteiger partial charge in [-0.2, -0.15) is 4.99 Å². The van der Waals surface area contributed by atoms with E-state index in [0.29, 0.717) is 12.3 Å². The summed E-state index contributed by atoms with van der Waals surface area (Å²) in [6, 6.07) is 11.4. The first-order chi connectivity index (χ1) is 18.4. The third-order valence-corrected chi connectivity index (χ3v) is 6.23. The summed E-state index contributed by atoms with van der Waals surface area (Å²) in [5.41, 5.74) is 0.00246. The number of nitro benzene ring substituents is 1. The third-order valence-electron chi connectivity index (χ3n) is 6.23. The van der Waals surface area contributed by atoms with Gasteiger partial charge in [0.15, 0.2) is 5.49 Å². The van der Waals surface area contributed by atoms with Crippen molar-refractivity contribution < 1.29 is 24.0 Å². The molecule has 194 valence electrons. The molecule has 38 heavy (non-hydrogen) atoms. The van der Waals surface area contributed by atoms with E-state index in [2.05, 4.69) is 9.98 Å². The predicted octanol–water partition coefficient (Wildman–Crippen LogP) is 2.65. The van der Waals surface area contributed by atoms with Crippen molar-refractivity contribution in [3.05, 3.63) is 91.8 Å². The first kappa shape index (κ1) is 25.0. The van der Waals surface area contributed by atoms with Gasteiger partial charge in [0.05, 0.1) is 29.6 Å². The molecule has 1 aliphatic heterocycles. The molecule has 0 aliphatic carbocycles. The molecule has 5 rings (SSSR count). The molecule has 0 N–H and O–H groups in total. The van der Waals surface area contributed by atoms with E-state index in [1.165, 1.54) is 34.7 Å². The molecule has 12 nitrogen and oxygen atoms in total. The molecule has 1 aromatic carbocycles. The molecule has 0 bridgehead atoms. The molecule has 0 radical (unpaired) electrons. The largest absolute Gasteiger partial charge is 0.462 e. The van der Waals surface area contributed by atoms with Crippen molar-refractivity contribution in [3.63, 3.8) is 0 Å². The highest BCUT2D eigenvalue weighted by atomic mass is 16.6. The molecule has 1 aliphatic rings. The fraction of sp³-hybridized carbons (Fsp3) is 0.269. The molecule has 0 unspecified atom stereocenters. The molecule has 12 heteroatoms. The van der Waals surface area contributed by atoms with Gasteiger partial charge in [-0.25, -0.2) is 9.78 Å². The SMILES string of the molecule is CCOC(=O)c1cc2c(=O)n3ccccc3nc2n(C[C@@H]2CCCO2)c1=NC(=O)c1ccc([N+](=O)[O-])cc1. The number of hydrogen-bond donors (Lipinski definition) is 0. The number of pyridine rings is 2. The second-order valence-electron chi connectivity index (χ2n) is 8.65. The summed E-state index contributed by atoms with van der Waals surface area (Å²) < 4.78 is 14.0. The Morgan fingerprint density at radius 2 is 2.03 bits per heavy atom. The van der Waals surface area contributed by atoms with Crippen LogP contribution in [-0.2, 0) is 16.0 Å². The van der Waals surface area contributed by atoms with Crippen LogP contribution in [0.3, 0.4) is 0 Å². The van der Waals surface area contributed by atoms with E-state index < -0.39 is 22.4 Å². The van der Waals surface area contributed by atoms with Crippen LogP contribution in [0.4, 0.5) is 5.69 Å². The Morgan fingerprint density at radius 1 is 1.24 bits per heavy atom. The zero-order valence-corrected chi connectivity index (χ0v) is 20.4. The highest BCUT2D eigenvalue weighted by Gasteiger charge is 2.24. The quantitative estimate of drug-likeness (QED) is 0.164. The van der Waals surface area contributed by atoms with Gasteiger partial charge in [-0.3, -0.25) is 24.1 Å². The lowest BCUT2D eigenvalue weighted by Crippen LogP contribution is -2.35. The van der Waals surface area contributed by atoms with Crippen molar-refractivity contribution in [3.8, 4) is 0 Å². The van der Waals surface area contributed by atoms with Crippen LogP contribution in [0.25, 0.3) is 16.7 Å². The van der Waals surface area contributed by atoms with Gasteiger partial charge in [-0.1, -0.05) is 6.07 Å². The van der Waals surface area contributed by atoms with E-state index in [1.807, 2.05) is 0 Å². The topological polar surface area (TPSA) is 147 Å². The maximum absolute atomic E-state index is 13.4. The minimum absolute atomic E-state index is 0.0398. The van der Waals surface area contributed by atoms with Gasteiger partial charge in [0, 0.05) is 30.5 Å². The standard InChI is InChI=1S/C26H23N5O7/c1-2-37-26(34)20-14-19-22(27-21-7-3-4-12-29(21)25(19)33)30(15-18-6-5-13-38-18)23(20)28-24(32)16-8-10-17(11-9-16)31(35)36/h3-4,7-12,14,18H,2,5-6,13,15H2,1H3/t18-/m0/s1. The van der Waals surface area contributed by atoms with Crippen molar-refractivity contribution in [2.45, 2.75) is 32.4 Å². The van der Waals surface area contributed by atoms with Crippen LogP contribution in [0.2, 0.25) is 0 Å². The zero-order chi connectivity index (χ0) is 26.8. The van der Waals surface area contributed by atoms with Crippen LogP contribution in [0.5, 0.6) is 0 Å². The Labute approximate surface area is 214 Å². The Morgan fingerprint density at radius 3 is 2.71 bits per heavy atom. The van der Waals surface area contributed by atoms with Gasteiger partial charge in [-0.05, 0) is 50.1 Å². The Kier molecular flexibility index (Phi) is 6.79. The van der Waals surface area contributed by atoms with Crippen molar-refractivity contribution in [1.82, 2.24) is 14.0 Å². The predicted molar refractivity (Wildman–Crippen MR) is 135 cm³/mol. The summed E-state index contributed by atoms with van der Waals surface area (Å²) in [6.45, 7) is 2.45. The average Bonchev–Trinajstić information content (AvgIpc) is 3.43. The van der Waals surface area contributed by atoms with Crippen molar-refractivity contribution in [2.24, 2.45) is 4.99 Å². The van der Waals surface area contributed by atoms with Crippen LogP contribution in [0, 0.1) is 10.1 Å². The minimum Gasteiger partial charge on any atom is -0.462 e. The summed E-state index contributed by atoms with van der Waals surface area (Å²) >= 11 is 0. The summed E-state index contributed by atoms with van der Waals surface area (Å²) in [5, 5.41) is 11.2. The average molecular weight is 517 g/mol. The molecular weight excluding hydrogens is 494 g/mol. The van der Waals surface area contributed by atoms with Crippen molar-refractivity contribution in [2.75, 3.05) is 13.2 Å². The van der Waals surface area contributed by atoms with Crippen LogP contribution >= 0.6 is 0 Å². The third kappa shape index (κ3) is 4.68. The Bertz CT molecular complexity index is 1700. The lowest BCUT2D eigenvalue weighted by molar-refractivity contribution is -0.384. The molecule has 1 atom stereocenters. The van der Waals surface area contributed by atoms with E-state index >= 15 is 0 Å². The van der Waals surface area contributed by atoms with Gasteiger partial charge in [0.1, 0.15) is 16.9 Å². The van der Waals surface area contributed by atoms with Gasteiger partial charge < -0.3 is 14.0 Å². The highest BCUT2D eigenvalue weighted by Crippen LogP contribution is 2.18. The van der Waals surface area contributed by atoms with Gasteiger partial charge >= 0.3 is 5.97 Å². The highest BCUT2D eigenvalue weighted by molar-refractivity contribution is 5.97. The van der Waals surface area contributed by atoms with Gasteiger partial charge in [0.25, 0.3) is 17.2 Å². The van der Waals surface area contributed by atoms with E-state index in [9.17, 15) is 24.5 Å². The number of carbonyl (C=O) groups excluding carboxylic acids is 2. The van der Waals surface area contributed by atoms with Crippen molar-refractivity contribution in [1.29, 1.82) is 0 Å². The van der Waals surface area contributed by atoms with Crippen LogP contribution in [0.15, 0.2) is 64.5 Å². The maximum Gasteiger partial charge on any atom is 0.341 e. The van der Waals surface area contributed by atoms with E-state index in [1.54, 1.807) is 35.9 Å². The van der Waals surface area contributed by atoms with Gasteiger partial charge in [-0.15, -0.1) is 0 Å². The first-order valence-electron chi connectivity index (χ1n) is 12.0. The van der Waals surface area contributed by atoms with Crippen LogP contribution < -0.4 is 11.0 Å². The number of fused-ring (bicyclic) bond motifs is 2. The molecule has 1 amide bonds. The smallest absolute Gasteiger partial charge is 0.341 e. The summed E-state index contributed by atoms with van der Waals surface area (Å²) in [7, 11) is 0. The molecule has 0 spiro atoms. The number of ether oxygens (including phenoxy) is 2. The molecule has 3 aromatic heterocycles. The van der Waals surface area contributed by atoms with E-state index in [0.717, 1.165) is 12.8 Å². The number of carbonyl (C=O) groups is 2. The number of hydrogen-bond acceptors (Lipinski definition) is 8. The Hall–Kier alpha value is -4.71. The van der Waals surface area contributed by atoms with E-state index in [-0.39, 0.29) is 52.6 Å². The number of benzene rings is 1. The van der Waals surface area contributed by atoms with Crippen molar-refractivity contribution >= 4 is 34.2 Å². The minimum atomic E-state index is -0.761. The lowest BCUT2D eigenvalue weighted by atomic mass is 10.1. The number of esters is 1. The monoisotopic (exact) mass is 517 g/mol. The Balaban J connectivity index is 1.81. The summed E-state index contributed by atoms with van der Waals surface area (Å²) in [5.74, 6) is -1.49. The molecule has 4 aromatic rings. The fourth-order valence-electron chi connectivity index (χ4n) is 4.41. The second kappa shape index (κ2) is 10.3. The second-order valence-corrected chi connectivity index (χ2v) is 8.65. The zero-order valence-electron chi connectivity index (χ0n) is 20.4. The summed E-state index contributed by atoms with van der Waals surface area (Å²) in [6.07, 6.45) is 2.91. The lowest BCUT2D eigenvalue weighted by Gasteiger charge is -2.18.